The van der Waals surface area contributed by atoms with Gasteiger partial charge in [0.1, 0.15) is 0 Å². The Morgan fingerprint density at radius 3 is 2.38 bits per heavy atom. The van der Waals surface area contributed by atoms with Crippen molar-refractivity contribution in [1.82, 2.24) is 0 Å². The van der Waals surface area contributed by atoms with Crippen LogP contribution in [0.4, 0.5) is 11.4 Å². The number of nitrogens with zero attached hydrogens (tertiary/aromatic N) is 1. The second kappa shape index (κ2) is 7.97. The number of aryl methyl sites for hydroxylation is 1. The van der Waals surface area contributed by atoms with E-state index in [0.29, 0.717) is 6.42 Å². The molecule has 0 aromatic heterocycles. The predicted molar refractivity (Wildman–Crippen MR) is 98.7 cm³/mol. The highest BCUT2D eigenvalue weighted by molar-refractivity contribution is 5.91. The van der Waals surface area contributed by atoms with Gasteiger partial charge in [0.05, 0.1) is 33.2 Å². The van der Waals surface area contributed by atoms with Crippen LogP contribution in [0.2, 0.25) is 0 Å². The van der Waals surface area contributed by atoms with Crippen molar-refractivity contribution in [3.63, 3.8) is 0 Å². The van der Waals surface area contributed by atoms with Crippen molar-refractivity contribution in [3.05, 3.63) is 60.2 Å². The second-order valence-corrected chi connectivity index (χ2v) is 6.52. The Bertz CT molecular complexity index is 646. The lowest BCUT2D eigenvalue weighted by molar-refractivity contribution is -0.880. The summed E-state index contributed by atoms with van der Waals surface area (Å²) in [6, 6.07) is 18.3. The van der Waals surface area contributed by atoms with Gasteiger partial charge in [-0.15, -0.1) is 0 Å². The Labute approximate surface area is 144 Å². The first-order valence-corrected chi connectivity index (χ1v) is 8.71. The zero-order valence-corrected chi connectivity index (χ0v) is 14.3. The van der Waals surface area contributed by atoms with Gasteiger partial charge in [-0.2, -0.15) is 0 Å². The minimum atomic E-state index is 0.0646. The average molecular weight is 324 g/mol. The number of hydrogen-bond acceptors (Lipinski definition) is 2. The lowest BCUT2D eigenvalue weighted by Gasteiger charge is -2.31. The smallest absolute Gasteiger partial charge is 0.224 e. The fourth-order valence-corrected chi connectivity index (χ4v) is 3.03. The number of hydrogen-bond donors (Lipinski definition) is 2. The van der Waals surface area contributed by atoms with E-state index in [4.69, 9.17) is 0 Å². The fraction of sp³-hybridized carbons (Fsp3) is 0.350. The summed E-state index contributed by atoms with van der Waals surface area (Å²) in [5.41, 5.74) is 3.31. The molecule has 1 fully saturated rings. The molecule has 0 unspecified atom stereocenters. The molecule has 126 valence electrons. The van der Waals surface area contributed by atoms with Crippen molar-refractivity contribution < 1.29 is 9.69 Å². The summed E-state index contributed by atoms with van der Waals surface area (Å²) in [5.74, 6) is 0.0646. The molecule has 0 bridgehead atoms. The number of carbonyl (C=O) groups excluding carboxylic acids is 1. The highest BCUT2D eigenvalue weighted by Crippen LogP contribution is 2.18. The van der Waals surface area contributed by atoms with Crippen LogP contribution in [0.1, 0.15) is 12.0 Å². The van der Waals surface area contributed by atoms with Gasteiger partial charge < -0.3 is 15.1 Å². The Kier molecular flexibility index (Phi) is 5.49. The van der Waals surface area contributed by atoms with Crippen LogP contribution in [0.5, 0.6) is 0 Å². The van der Waals surface area contributed by atoms with E-state index in [2.05, 4.69) is 41.5 Å². The van der Waals surface area contributed by atoms with Crippen LogP contribution >= 0.6 is 0 Å². The standard InChI is InChI=1S/C20H25N3O/c1-22-13-15-23(16-14-22)19-10-8-18(9-11-19)21-20(24)12-7-17-5-3-2-4-6-17/h2-6,8-11H,7,12-16H2,1H3,(H,21,24)/p+1. The number of rotatable bonds is 5. The molecule has 1 heterocycles. The molecule has 0 saturated carbocycles. The summed E-state index contributed by atoms with van der Waals surface area (Å²) >= 11 is 0. The first kappa shape index (κ1) is 16.5. The molecule has 1 amide bonds. The molecule has 4 nitrogen and oxygen atoms in total. The normalized spacial score (nSPS) is 15.3. The van der Waals surface area contributed by atoms with Crippen LogP contribution in [-0.2, 0) is 11.2 Å². The number of nitrogens with one attached hydrogen (secondary N) is 2. The number of quaternary nitrogens is 1. The second-order valence-electron chi connectivity index (χ2n) is 6.52. The maximum atomic E-state index is 12.1. The summed E-state index contributed by atoms with van der Waals surface area (Å²) in [5, 5.41) is 2.99. The molecule has 2 N–H and O–H groups in total. The molecule has 3 rings (SSSR count). The lowest BCUT2D eigenvalue weighted by atomic mass is 10.1. The lowest BCUT2D eigenvalue weighted by Crippen LogP contribution is -3.12. The molecular weight excluding hydrogens is 298 g/mol. The van der Waals surface area contributed by atoms with Crippen molar-refractivity contribution in [3.8, 4) is 0 Å². The Morgan fingerprint density at radius 2 is 1.71 bits per heavy atom. The third kappa shape index (κ3) is 4.59. The van der Waals surface area contributed by atoms with Gasteiger partial charge >= 0.3 is 0 Å². The number of amides is 1. The number of likely N-dealkylation sites (N-methyl/N-ethyl adjacent to an activating group) is 1. The molecule has 4 heteroatoms. The third-order valence-corrected chi connectivity index (χ3v) is 4.62. The monoisotopic (exact) mass is 324 g/mol. The molecule has 0 aliphatic carbocycles. The molecule has 1 aliphatic heterocycles. The molecule has 0 radical (unpaired) electrons. The van der Waals surface area contributed by atoms with Crippen molar-refractivity contribution in [2.45, 2.75) is 12.8 Å². The SMILES string of the molecule is C[NH+]1CCN(c2ccc(NC(=O)CCc3ccccc3)cc2)CC1. The van der Waals surface area contributed by atoms with E-state index in [-0.39, 0.29) is 5.91 Å². The summed E-state index contributed by atoms with van der Waals surface area (Å²) in [6.45, 7) is 4.54. The van der Waals surface area contributed by atoms with Gasteiger partial charge in [-0.25, -0.2) is 0 Å². The van der Waals surface area contributed by atoms with Gasteiger partial charge in [-0.3, -0.25) is 4.79 Å². The number of benzene rings is 2. The summed E-state index contributed by atoms with van der Waals surface area (Å²) in [6.07, 6.45) is 1.28. The summed E-state index contributed by atoms with van der Waals surface area (Å²) in [4.78, 5) is 16.1. The molecule has 0 spiro atoms. The molecule has 1 saturated heterocycles. The molecule has 1 aliphatic rings. The van der Waals surface area contributed by atoms with Crippen LogP contribution in [0.15, 0.2) is 54.6 Å². The topological polar surface area (TPSA) is 36.8 Å². The van der Waals surface area contributed by atoms with E-state index in [1.807, 2.05) is 30.3 Å². The number of anilines is 2. The highest BCUT2D eigenvalue weighted by atomic mass is 16.1. The van der Waals surface area contributed by atoms with Crippen LogP contribution in [0, 0.1) is 0 Å². The molecule has 24 heavy (non-hydrogen) atoms. The van der Waals surface area contributed by atoms with E-state index >= 15 is 0 Å². The fourth-order valence-electron chi connectivity index (χ4n) is 3.03. The minimum Gasteiger partial charge on any atom is -0.360 e. The van der Waals surface area contributed by atoms with Gasteiger partial charge in [-0.1, -0.05) is 30.3 Å². The van der Waals surface area contributed by atoms with Crippen molar-refractivity contribution in [2.75, 3.05) is 43.4 Å². The van der Waals surface area contributed by atoms with Crippen LogP contribution in [0.25, 0.3) is 0 Å². The Hall–Kier alpha value is -2.33. The quantitative estimate of drug-likeness (QED) is 0.876. The third-order valence-electron chi connectivity index (χ3n) is 4.62. The Balaban J connectivity index is 1.49. The van der Waals surface area contributed by atoms with Gasteiger partial charge in [0, 0.05) is 17.8 Å². The summed E-state index contributed by atoms with van der Waals surface area (Å²) < 4.78 is 0. The van der Waals surface area contributed by atoms with E-state index in [0.717, 1.165) is 25.2 Å². The van der Waals surface area contributed by atoms with Crippen molar-refractivity contribution in [1.29, 1.82) is 0 Å². The molecular formula is C20H26N3O+. The molecule has 2 aromatic rings. The Morgan fingerprint density at radius 1 is 1.04 bits per heavy atom. The van der Waals surface area contributed by atoms with Crippen LogP contribution in [0.3, 0.4) is 0 Å². The first-order valence-electron chi connectivity index (χ1n) is 8.71. The predicted octanol–water partition coefficient (Wildman–Crippen LogP) is 1.59. The minimum absolute atomic E-state index is 0.0646. The van der Waals surface area contributed by atoms with Crippen molar-refractivity contribution in [2.24, 2.45) is 0 Å². The first-order chi connectivity index (χ1) is 11.7. The molecule has 2 aromatic carbocycles. The van der Waals surface area contributed by atoms with Crippen LogP contribution < -0.4 is 15.1 Å². The zero-order chi connectivity index (χ0) is 16.8. The average Bonchev–Trinajstić information content (AvgIpc) is 2.62. The van der Waals surface area contributed by atoms with Crippen molar-refractivity contribution >= 4 is 17.3 Å². The van der Waals surface area contributed by atoms with Gasteiger partial charge in [0.15, 0.2) is 0 Å². The van der Waals surface area contributed by atoms with Gasteiger partial charge in [0.25, 0.3) is 0 Å². The van der Waals surface area contributed by atoms with Gasteiger partial charge in [0.2, 0.25) is 5.91 Å². The van der Waals surface area contributed by atoms with E-state index < -0.39 is 0 Å². The zero-order valence-electron chi connectivity index (χ0n) is 14.3. The maximum Gasteiger partial charge on any atom is 0.224 e. The van der Waals surface area contributed by atoms with E-state index in [1.165, 1.54) is 24.3 Å². The van der Waals surface area contributed by atoms with E-state index in [1.54, 1.807) is 4.90 Å². The number of piperazine rings is 1. The van der Waals surface area contributed by atoms with Crippen LogP contribution in [-0.4, -0.2) is 39.1 Å². The van der Waals surface area contributed by atoms with Gasteiger partial charge in [-0.05, 0) is 36.2 Å². The highest BCUT2D eigenvalue weighted by Gasteiger charge is 2.16. The molecule has 0 atom stereocenters. The largest absolute Gasteiger partial charge is 0.360 e. The van der Waals surface area contributed by atoms with E-state index in [9.17, 15) is 4.79 Å². The summed E-state index contributed by atoms with van der Waals surface area (Å²) in [7, 11) is 2.24. The number of carbonyl (C=O) groups is 1. The maximum absolute atomic E-state index is 12.1.